The third-order valence-corrected chi connectivity index (χ3v) is 5.85. The first-order valence-corrected chi connectivity index (χ1v) is 11.4. The molecule has 0 N–H and O–H groups in total. The van der Waals surface area contributed by atoms with E-state index in [-0.39, 0.29) is 24.8 Å². The third kappa shape index (κ3) is 6.78. The van der Waals surface area contributed by atoms with Gasteiger partial charge in [0.1, 0.15) is 18.1 Å². The van der Waals surface area contributed by atoms with Gasteiger partial charge in [-0.3, -0.25) is 0 Å². The van der Waals surface area contributed by atoms with Gasteiger partial charge in [-0.2, -0.15) is 0 Å². The minimum absolute atomic E-state index is 0.112. The van der Waals surface area contributed by atoms with E-state index in [1.807, 2.05) is 55.1 Å². The molecule has 0 unspecified atom stereocenters. The highest BCUT2D eigenvalue weighted by atomic mass is 35.5. The van der Waals surface area contributed by atoms with Crippen molar-refractivity contribution in [2.75, 3.05) is 27.2 Å². The van der Waals surface area contributed by atoms with Crippen molar-refractivity contribution in [2.24, 2.45) is 0 Å². The number of rotatable bonds is 8. The summed E-state index contributed by atoms with van der Waals surface area (Å²) >= 11 is 6.12. The molecule has 0 atom stereocenters. The largest absolute Gasteiger partial charge is 0.496 e. The summed E-state index contributed by atoms with van der Waals surface area (Å²) in [6.07, 6.45) is 1.61. The highest BCUT2D eigenvalue weighted by Crippen LogP contribution is 2.27. The predicted octanol–water partition coefficient (Wildman–Crippen LogP) is 5.37. The van der Waals surface area contributed by atoms with Gasteiger partial charge in [-0.05, 0) is 76.7 Å². The highest BCUT2D eigenvalue weighted by molar-refractivity contribution is 6.30. The second kappa shape index (κ2) is 11.4. The van der Waals surface area contributed by atoms with Crippen molar-refractivity contribution in [1.82, 2.24) is 9.80 Å². The van der Waals surface area contributed by atoms with Gasteiger partial charge >= 0.3 is 6.09 Å². The van der Waals surface area contributed by atoms with Crippen molar-refractivity contribution in [1.29, 1.82) is 0 Å². The van der Waals surface area contributed by atoms with Crippen LogP contribution in [0.4, 0.5) is 4.79 Å². The fourth-order valence-corrected chi connectivity index (χ4v) is 4.01. The lowest BCUT2D eigenvalue weighted by atomic mass is 10.0. The molecule has 1 heterocycles. The zero-order valence-corrected chi connectivity index (χ0v) is 20.1. The van der Waals surface area contributed by atoms with E-state index in [4.69, 9.17) is 25.8 Å². The van der Waals surface area contributed by atoms with E-state index >= 15 is 0 Å². The fraction of sp³-hybridized carbons (Fsp3) is 0.480. The van der Waals surface area contributed by atoms with Crippen molar-refractivity contribution in [3.8, 4) is 11.5 Å². The summed E-state index contributed by atoms with van der Waals surface area (Å²) in [5, 5.41) is 0.601. The Morgan fingerprint density at radius 3 is 2.47 bits per heavy atom. The number of carbonyl (C=O) groups is 1. The summed E-state index contributed by atoms with van der Waals surface area (Å²) in [7, 11) is 3.72. The number of hydrogen-bond donors (Lipinski definition) is 0. The Bertz CT molecular complexity index is 880. The van der Waals surface area contributed by atoms with E-state index in [2.05, 4.69) is 11.9 Å². The molecule has 6 nitrogen and oxygen atoms in total. The van der Waals surface area contributed by atoms with Gasteiger partial charge in [0.15, 0.2) is 0 Å². The van der Waals surface area contributed by atoms with Crippen molar-refractivity contribution >= 4 is 17.7 Å². The number of carbonyl (C=O) groups excluding carboxylic acids is 1. The summed E-state index contributed by atoms with van der Waals surface area (Å²) in [5.41, 5.74) is 1.82. The van der Waals surface area contributed by atoms with Crippen molar-refractivity contribution in [2.45, 2.75) is 52.0 Å². The molecule has 1 amide bonds. The number of methoxy groups -OCH3 is 1. The number of halogens is 1. The molecule has 1 saturated heterocycles. The van der Waals surface area contributed by atoms with E-state index in [9.17, 15) is 4.79 Å². The molecule has 0 spiro atoms. The molecule has 32 heavy (non-hydrogen) atoms. The van der Waals surface area contributed by atoms with E-state index in [0.717, 1.165) is 42.8 Å². The number of likely N-dealkylation sites (tertiary alicyclic amines) is 1. The van der Waals surface area contributed by atoms with Crippen molar-refractivity contribution in [3.63, 3.8) is 0 Å². The van der Waals surface area contributed by atoms with Crippen LogP contribution in [0.3, 0.4) is 0 Å². The van der Waals surface area contributed by atoms with E-state index < -0.39 is 0 Å². The van der Waals surface area contributed by atoms with E-state index in [1.54, 1.807) is 13.2 Å². The Morgan fingerprint density at radius 2 is 1.84 bits per heavy atom. The molecule has 0 saturated carbocycles. The number of benzene rings is 2. The molecule has 3 rings (SSSR count). The monoisotopic (exact) mass is 460 g/mol. The molecule has 2 aromatic rings. The van der Waals surface area contributed by atoms with Gasteiger partial charge in [0.2, 0.25) is 0 Å². The Hall–Kier alpha value is -2.44. The summed E-state index contributed by atoms with van der Waals surface area (Å²) in [6.45, 7) is 6.50. The topological polar surface area (TPSA) is 51.2 Å². The van der Waals surface area contributed by atoms with Gasteiger partial charge in [-0.15, -0.1) is 0 Å². The third-order valence-electron chi connectivity index (χ3n) is 5.61. The average molecular weight is 461 g/mol. The first-order valence-electron chi connectivity index (χ1n) is 11.1. The first-order chi connectivity index (χ1) is 15.4. The lowest BCUT2D eigenvalue weighted by Gasteiger charge is -2.37. The van der Waals surface area contributed by atoms with Crippen LogP contribution in [-0.4, -0.2) is 55.3 Å². The van der Waals surface area contributed by atoms with Gasteiger partial charge in [-0.1, -0.05) is 29.8 Å². The maximum Gasteiger partial charge on any atom is 0.410 e. The maximum absolute atomic E-state index is 13.2. The molecule has 0 bridgehead atoms. The summed E-state index contributed by atoms with van der Waals surface area (Å²) in [5.74, 6) is 1.47. The molecule has 0 aromatic heterocycles. The summed E-state index contributed by atoms with van der Waals surface area (Å²) in [6, 6.07) is 13.3. The van der Waals surface area contributed by atoms with Crippen LogP contribution in [-0.2, 0) is 17.9 Å². The Balaban J connectivity index is 1.70. The van der Waals surface area contributed by atoms with Crippen LogP contribution < -0.4 is 9.47 Å². The normalized spacial score (nSPS) is 14.9. The second-order valence-corrected chi connectivity index (χ2v) is 8.92. The number of amides is 1. The van der Waals surface area contributed by atoms with Crippen molar-refractivity contribution < 1.29 is 19.0 Å². The van der Waals surface area contributed by atoms with Gasteiger partial charge in [0.05, 0.1) is 19.8 Å². The lowest BCUT2D eigenvalue weighted by Crippen LogP contribution is -2.46. The molecule has 7 heteroatoms. The minimum atomic E-state index is -0.320. The fourth-order valence-electron chi connectivity index (χ4n) is 3.85. The summed E-state index contributed by atoms with van der Waals surface area (Å²) < 4.78 is 16.9. The molecular formula is C25H33ClN2O4. The van der Waals surface area contributed by atoms with Crippen molar-refractivity contribution in [3.05, 3.63) is 58.6 Å². The quantitative estimate of drug-likeness (QED) is 0.530. The van der Waals surface area contributed by atoms with Crippen LogP contribution in [0.15, 0.2) is 42.5 Å². The second-order valence-electron chi connectivity index (χ2n) is 8.48. The molecular weight excluding hydrogens is 428 g/mol. The molecule has 0 radical (unpaired) electrons. The molecule has 1 aliphatic rings. The zero-order chi connectivity index (χ0) is 23.1. The van der Waals surface area contributed by atoms with E-state index in [0.29, 0.717) is 17.3 Å². The van der Waals surface area contributed by atoms with Gasteiger partial charge < -0.3 is 24.0 Å². The Morgan fingerprint density at radius 1 is 1.16 bits per heavy atom. The molecule has 174 valence electrons. The van der Waals surface area contributed by atoms with Crippen LogP contribution in [0.5, 0.6) is 11.5 Å². The van der Waals surface area contributed by atoms with Crippen LogP contribution in [0, 0.1) is 0 Å². The van der Waals surface area contributed by atoms with Crippen LogP contribution >= 0.6 is 11.6 Å². The SMILES string of the molecule is COc1cc(Cl)ccc1CN(C(=O)OCc1ccc(OC(C)C)cc1)C1CCN(C)CC1. The highest BCUT2D eigenvalue weighted by Gasteiger charge is 2.29. The van der Waals surface area contributed by atoms with Crippen LogP contribution in [0.25, 0.3) is 0 Å². The number of piperidine rings is 1. The van der Waals surface area contributed by atoms with Crippen LogP contribution in [0.1, 0.15) is 37.8 Å². The Labute approximate surface area is 196 Å². The molecule has 0 aliphatic carbocycles. The number of ether oxygens (including phenoxy) is 3. The predicted molar refractivity (Wildman–Crippen MR) is 126 cm³/mol. The number of nitrogens with zero attached hydrogens (tertiary/aromatic N) is 2. The smallest absolute Gasteiger partial charge is 0.410 e. The minimum Gasteiger partial charge on any atom is -0.496 e. The van der Waals surface area contributed by atoms with Gasteiger partial charge in [-0.25, -0.2) is 4.79 Å². The zero-order valence-electron chi connectivity index (χ0n) is 19.3. The van der Waals surface area contributed by atoms with Gasteiger partial charge in [0, 0.05) is 16.6 Å². The average Bonchev–Trinajstić information content (AvgIpc) is 2.78. The standard InChI is InChI=1S/C25H33ClN2O4/c1-18(2)32-23-9-5-19(6-10-23)17-31-25(29)28(22-11-13-27(3)14-12-22)16-20-7-8-21(26)15-24(20)30-4/h5-10,15,18,22H,11-14,16-17H2,1-4H3. The van der Waals surface area contributed by atoms with E-state index in [1.165, 1.54) is 0 Å². The van der Waals surface area contributed by atoms with Gasteiger partial charge in [0.25, 0.3) is 0 Å². The summed E-state index contributed by atoms with van der Waals surface area (Å²) in [4.78, 5) is 17.3. The number of hydrogen-bond acceptors (Lipinski definition) is 5. The Kier molecular flexibility index (Phi) is 8.65. The molecule has 2 aromatic carbocycles. The molecule has 1 fully saturated rings. The lowest BCUT2D eigenvalue weighted by molar-refractivity contribution is 0.0601. The maximum atomic E-state index is 13.2. The first kappa shape index (κ1) is 24.2. The van der Waals surface area contributed by atoms with Crippen LogP contribution in [0.2, 0.25) is 5.02 Å². The molecule has 1 aliphatic heterocycles.